The second-order valence-electron chi connectivity index (χ2n) is 8.79. The molecule has 0 spiro atoms. The largest absolute Gasteiger partial charge is 0.447 e. The van der Waals surface area contributed by atoms with E-state index in [9.17, 15) is 13.2 Å². The fourth-order valence-corrected chi connectivity index (χ4v) is 5.21. The van der Waals surface area contributed by atoms with E-state index in [1.165, 1.54) is 24.8 Å². The normalized spacial score (nSPS) is 19.4. The lowest BCUT2D eigenvalue weighted by Gasteiger charge is -2.19. The van der Waals surface area contributed by atoms with E-state index in [2.05, 4.69) is 20.3 Å². The van der Waals surface area contributed by atoms with Gasteiger partial charge in [0.25, 0.3) is 10.1 Å². The third kappa shape index (κ3) is 5.59. The smallest absolute Gasteiger partial charge is 0.407 e. The van der Waals surface area contributed by atoms with E-state index >= 15 is 0 Å². The number of nitrogens with two attached hydrogens (primary N) is 1. The van der Waals surface area contributed by atoms with Gasteiger partial charge in [-0.3, -0.25) is 8.75 Å². The van der Waals surface area contributed by atoms with Crippen molar-refractivity contribution in [3.63, 3.8) is 0 Å². The number of rotatable bonds is 8. The Morgan fingerprint density at radius 3 is 2.66 bits per heavy atom. The molecule has 0 saturated carbocycles. The number of nitrogens with zero attached hydrogens (tertiary/aromatic N) is 4. The molecule has 0 bridgehead atoms. The molecule has 13 heteroatoms. The zero-order chi connectivity index (χ0) is 26.7. The van der Waals surface area contributed by atoms with Gasteiger partial charge in [-0.05, 0) is 24.6 Å². The third-order valence-electron chi connectivity index (χ3n) is 6.10. The number of hydrogen-bond donors (Lipinski definition) is 2. The minimum Gasteiger partial charge on any atom is -0.447 e. The molecule has 1 amide bonds. The van der Waals surface area contributed by atoms with E-state index < -0.39 is 34.6 Å². The summed E-state index contributed by atoms with van der Waals surface area (Å²) >= 11 is 0. The van der Waals surface area contributed by atoms with Crippen LogP contribution >= 0.6 is 0 Å². The van der Waals surface area contributed by atoms with Gasteiger partial charge in [0.05, 0.1) is 11.2 Å². The zero-order valence-electron chi connectivity index (χ0n) is 20.4. The van der Waals surface area contributed by atoms with E-state index in [0.29, 0.717) is 11.2 Å². The second kappa shape index (κ2) is 10.7. The predicted molar refractivity (Wildman–Crippen MR) is 136 cm³/mol. The molecule has 2 aromatic carbocycles. The number of aromatic nitrogens is 4. The lowest BCUT2D eigenvalue weighted by Crippen LogP contribution is -2.34. The summed E-state index contributed by atoms with van der Waals surface area (Å²) in [6.45, 7) is 1.89. The number of hydrogen-bond acceptors (Lipinski definition) is 10. The summed E-state index contributed by atoms with van der Waals surface area (Å²) in [7, 11) is -4.13. The van der Waals surface area contributed by atoms with Crippen LogP contribution in [0.2, 0.25) is 0 Å². The molecule has 198 valence electrons. The molecular formula is C25H26N6O6S. The number of anilines is 1. The van der Waals surface area contributed by atoms with E-state index in [1.807, 2.05) is 37.3 Å². The molecule has 12 nitrogen and oxygen atoms in total. The number of nitrogens with one attached hydrogen (secondary N) is 1. The molecule has 0 radical (unpaired) electrons. The number of amides is 1. The lowest BCUT2D eigenvalue weighted by molar-refractivity contribution is -0.0419. The maximum absolute atomic E-state index is 13.0. The summed E-state index contributed by atoms with van der Waals surface area (Å²) in [6.07, 6.45) is -0.299. The summed E-state index contributed by atoms with van der Waals surface area (Å²) in [5, 5.41) is 2.66. The molecule has 38 heavy (non-hydrogen) atoms. The average molecular weight is 539 g/mol. The Morgan fingerprint density at radius 2 is 1.89 bits per heavy atom. The first-order valence-corrected chi connectivity index (χ1v) is 13.2. The van der Waals surface area contributed by atoms with Crippen LogP contribution in [0.3, 0.4) is 0 Å². The number of alkyl carbamates (subject to hydrolysis) is 1. The minimum atomic E-state index is -4.13. The van der Waals surface area contributed by atoms with E-state index in [-0.39, 0.29) is 30.3 Å². The number of ether oxygens (including phenoxy) is 2. The molecule has 5 rings (SSSR count). The molecule has 1 aliphatic heterocycles. The quantitative estimate of drug-likeness (QED) is 0.319. The fraction of sp³-hybridized carbons (Fsp3) is 0.280. The zero-order valence-corrected chi connectivity index (χ0v) is 21.2. The number of carbonyl (C=O) groups is 1. The van der Waals surface area contributed by atoms with Gasteiger partial charge < -0.3 is 20.5 Å². The van der Waals surface area contributed by atoms with Gasteiger partial charge in [0.2, 0.25) is 0 Å². The first kappa shape index (κ1) is 25.6. The van der Waals surface area contributed by atoms with Crippen molar-refractivity contribution >= 4 is 33.2 Å². The minimum absolute atomic E-state index is 0.0143. The van der Waals surface area contributed by atoms with Gasteiger partial charge >= 0.3 is 6.09 Å². The van der Waals surface area contributed by atoms with Crippen molar-refractivity contribution in [2.75, 3.05) is 12.3 Å². The summed E-state index contributed by atoms with van der Waals surface area (Å²) in [6, 6.07) is 15.7. The van der Waals surface area contributed by atoms with E-state index in [4.69, 9.17) is 19.4 Å². The molecule has 2 aromatic heterocycles. The number of nitrogen functional groups attached to an aromatic ring is 1. The summed E-state index contributed by atoms with van der Waals surface area (Å²) in [5.74, 6) is 0.205. The van der Waals surface area contributed by atoms with Crippen molar-refractivity contribution in [3.8, 4) is 0 Å². The van der Waals surface area contributed by atoms with Gasteiger partial charge in [0.1, 0.15) is 36.9 Å². The van der Waals surface area contributed by atoms with Gasteiger partial charge in [0, 0.05) is 13.0 Å². The van der Waals surface area contributed by atoms with E-state index in [1.54, 1.807) is 16.7 Å². The highest BCUT2D eigenvalue weighted by atomic mass is 32.2. The standard InChI is InChI=1S/C25H26N6O6S/c1-16-7-9-18(10-8-16)38(33,34)37-19-11-21(31-15-30-22-23(26)28-14-29-24(22)31)36-20(19)13-35-25(32)27-12-17-5-3-2-4-6-17/h2-10,14-15,19-21H,11-13H2,1H3,(H,27,32)(H2,26,28,29)/t19-,20+,21+/m0/s1. The van der Waals surface area contributed by atoms with Crippen LogP contribution < -0.4 is 11.1 Å². The second-order valence-corrected chi connectivity index (χ2v) is 10.4. The van der Waals surface area contributed by atoms with Crippen LogP contribution in [0.1, 0.15) is 23.8 Å². The van der Waals surface area contributed by atoms with Gasteiger partial charge in [-0.25, -0.2) is 19.7 Å². The van der Waals surface area contributed by atoms with Crippen molar-refractivity contribution in [2.45, 2.75) is 43.2 Å². The van der Waals surface area contributed by atoms with Crippen LogP contribution in [0, 0.1) is 6.92 Å². The molecule has 1 fully saturated rings. The van der Waals surface area contributed by atoms with Crippen LogP contribution in [0.15, 0.2) is 72.1 Å². The summed E-state index contributed by atoms with van der Waals surface area (Å²) < 4.78 is 44.8. The van der Waals surface area contributed by atoms with E-state index in [0.717, 1.165) is 11.1 Å². The van der Waals surface area contributed by atoms with Crippen molar-refractivity contribution < 1.29 is 26.9 Å². The Bertz CT molecular complexity index is 1530. The summed E-state index contributed by atoms with van der Waals surface area (Å²) in [4.78, 5) is 24.8. The highest BCUT2D eigenvalue weighted by Crippen LogP contribution is 2.35. The number of carbonyl (C=O) groups excluding carboxylic acids is 1. The van der Waals surface area contributed by atoms with Crippen molar-refractivity contribution in [3.05, 3.63) is 78.4 Å². The Balaban J connectivity index is 1.32. The Morgan fingerprint density at radius 1 is 1.13 bits per heavy atom. The fourth-order valence-electron chi connectivity index (χ4n) is 4.11. The van der Waals surface area contributed by atoms with Gasteiger partial charge in [-0.1, -0.05) is 48.0 Å². The van der Waals surface area contributed by atoms with Crippen LogP contribution in [-0.4, -0.2) is 52.8 Å². The highest BCUT2D eigenvalue weighted by Gasteiger charge is 2.41. The number of aryl methyl sites for hydroxylation is 1. The molecule has 0 aliphatic carbocycles. The first-order valence-electron chi connectivity index (χ1n) is 11.8. The topological polar surface area (TPSA) is 161 Å². The maximum atomic E-state index is 13.0. The van der Waals surface area contributed by atoms with Gasteiger partial charge in [-0.2, -0.15) is 8.42 Å². The molecule has 0 unspecified atom stereocenters. The molecular weight excluding hydrogens is 512 g/mol. The highest BCUT2D eigenvalue weighted by molar-refractivity contribution is 7.86. The van der Waals surface area contributed by atoms with Crippen molar-refractivity contribution in [2.24, 2.45) is 0 Å². The molecule has 1 saturated heterocycles. The Kier molecular flexibility index (Phi) is 7.22. The summed E-state index contributed by atoms with van der Waals surface area (Å²) in [5.41, 5.74) is 8.52. The van der Waals surface area contributed by atoms with Gasteiger partial charge in [-0.15, -0.1) is 0 Å². The first-order chi connectivity index (χ1) is 18.3. The third-order valence-corrected chi connectivity index (χ3v) is 7.45. The van der Waals surface area contributed by atoms with Crippen LogP contribution in [-0.2, 0) is 30.3 Å². The monoisotopic (exact) mass is 538 g/mol. The molecule has 1 aliphatic rings. The molecule has 4 aromatic rings. The van der Waals surface area contributed by atoms with Crippen LogP contribution in [0.4, 0.5) is 10.6 Å². The van der Waals surface area contributed by atoms with Crippen LogP contribution in [0.25, 0.3) is 11.2 Å². The Labute approximate surface area is 218 Å². The molecule has 3 heterocycles. The number of imidazole rings is 1. The maximum Gasteiger partial charge on any atom is 0.407 e. The SMILES string of the molecule is Cc1ccc(S(=O)(=O)O[C@H]2C[C@H](n3cnc4c(N)ncnc43)O[C@@H]2COC(=O)NCc2ccccc2)cc1. The average Bonchev–Trinajstić information content (AvgIpc) is 3.51. The Hall–Kier alpha value is -4.07. The van der Waals surface area contributed by atoms with Crippen LogP contribution in [0.5, 0.6) is 0 Å². The number of benzene rings is 2. The predicted octanol–water partition coefficient (Wildman–Crippen LogP) is 2.70. The number of fused-ring (bicyclic) bond motifs is 1. The lowest BCUT2D eigenvalue weighted by atomic mass is 10.2. The molecule has 3 N–H and O–H groups in total. The van der Waals surface area contributed by atoms with Crippen molar-refractivity contribution in [1.82, 2.24) is 24.8 Å². The van der Waals surface area contributed by atoms with Gasteiger partial charge in [0.15, 0.2) is 11.5 Å². The molecule has 3 atom stereocenters. The van der Waals surface area contributed by atoms with Crippen molar-refractivity contribution in [1.29, 1.82) is 0 Å².